The van der Waals surface area contributed by atoms with E-state index in [-0.39, 0.29) is 0 Å². The average molecular weight is 214 g/mol. The Morgan fingerprint density at radius 1 is 1.20 bits per heavy atom. The number of piperidine rings is 1. The summed E-state index contributed by atoms with van der Waals surface area (Å²) in [6.45, 7) is 7.65. The summed E-state index contributed by atoms with van der Waals surface area (Å²) in [4.78, 5) is 4.92. The molecule has 15 heavy (non-hydrogen) atoms. The van der Waals surface area contributed by atoms with Crippen molar-refractivity contribution in [1.82, 2.24) is 9.80 Å². The third kappa shape index (κ3) is 2.34. The van der Waals surface area contributed by atoms with Gasteiger partial charge >= 0.3 is 0 Å². The van der Waals surface area contributed by atoms with E-state index in [0.29, 0.717) is 11.6 Å². The molecule has 2 fully saturated rings. The SMILES string of the molecule is CN1CC(N2CCC(F)CC2)CC1(C)C. The minimum Gasteiger partial charge on any atom is -0.300 e. The van der Waals surface area contributed by atoms with Crippen molar-refractivity contribution in [3.8, 4) is 0 Å². The van der Waals surface area contributed by atoms with E-state index in [1.165, 1.54) is 6.42 Å². The van der Waals surface area contributed by atoms with Gasteiger partial charge in [0.1, 0.15) is 6.17 Å². The van der Waals surface area contributed by atoms with Gasteiger partial charge in [0.15, 0.2) is 0 Å². The molecule has 1 atom stereocenters. The summed E-state index contributed by atoms with van der Waals surface area (Å²) in [5.41, 5.74) is 0.317. The van der Waals surface area contributed by atoms with Gasteiger partial charge in [0.05, 0.1) is 0 Å². The normalized spacial score (nSPS) is 34.8. The molecule has 1 unspecified atom stereocenters. The van der Waals surface area contributed by atoms with Gasteiger partial charge in [0.25, 0.3) is 0 Å². The third-order valence-electron chi connectivity index (χ3n) is 4.23. The van der Waals surface area contributed by atoms with Crippen LogP contribution in [0, 0.1) is 0 Å². The highest BCUT2D eigenvalue weighted by Gasteiger charge is 2.39. The van der Waals surface area contributed by atoms with E-state index in [1.54, 1.807) is 0 Å². The molecule has 2 heterocycles. The molecule has 2 saturated heterocycles. The number of hydrogen-bond donors (Lipinski definition) is 0. The Labute approximate surface area is 92.4 Å². The second-order valence-electron chi connectivity index (χ2n) is 5.76. The van der Waals surface area contributed by atoms with Crippen LogP contribution < -0.4 is 0 Å². The summed E-state index contributed by atoms with van der Waals surface area (Å²) in [5, 5.41) is 0. The molecule has 0 amide bonds. The fraction of sp³-hybridized carbons (Fsp3) is 1.00. The minimum absolute atomic E-state index is 0.317. The lowest BCUT2D eigenvalue weighted by atomic mass is 9.98. The highest BCUT2D eigenvalue weighted by atomic mass is 19.1. The van der Waals surface area contributed by atoms with Gasteiger partial charge in [-0.1, -0.05) is 0 Å². The molecule has 0 saturated carbocycles. The molecule has 2 aliphatic rings. The van der Waals surface area contributed by atoms with Crippen LogP contribution in [-0.4, -0.2) is 54.2 Å². The maximum absolute atomic E-state index is 13.0. The zero-order valence-corrected chi connectivity index (χ0v) is 10.2. The van der Waals surface area contributed by atoms with Gasteiger partial charge in [-0.15, -0.1) is 0 Å². The van der Waals surface area contributed by atoms with Crippen molar-refractivity contribution in [2.24, 2.45) is 0 Å². The van der Waals surface area contributed by atoms with Crippen LogP contribution in [0.2, 0.25) is 0 Å². The summed E-state index contributed by atoms with van der Waals surface area (Å²) in [6.07, 6.45) is 2.15. The van der Waals surface area contributed by atoms with Crippen molar-refractivity contribution < 1.29 is 4.39 Å². The molecule has 0 aromatic rings. The van der Waals surface area contributed by atoms with E-state index in [4.69, 9.17) is 0 Å². The van der Waals surface area contributed by atoms with Gasteiger partial charge in [-0.05, 0) is 40.2 Å². The number of nitrogens with zero attached hydrogens (tertiary/aromatic N) is 2. The van der Waals surface area contributed by atoms with Gasteiger partial charge in [-0.25, -0.2) is 4.39 Å². The first-order valence-electron chi connectivity index (χ1n) is 6.08. The smallest absolute Gasteiger partial charge is 0.103 e. The van der Waals surface area contributed by atoms with E-state index in [1.807, 2.05) is 0 Å². The van der Waals surface area contributed by atoms with Crippen LogP contribution in [0.5, 0.6) is 0 Å². The van der Waals surface area contributed by atoms with Gasteiger partial charge in [-0.3, -0.25) is 9.80 Å². The third-order valence-corrected chi connectivity index (χ3v) is 4.23. The van der Waals surface area contributed by atoms with Gasteiger partial charge < -0.3 is 0 Å². The molecule has 2 aliphatic heterocycles. The van der Waals surface area contributed by atoms with Crippen molar-refractivity contribution in [2.75, 3.05) is 26.7 Å². The lowest BCUT2D eigenvalue weighted by Crippen LogP contribution is -2.43. The fourth-order valence-electron chi connectivity index (χ4n) is 2.84. The molecular weight excluding hydrogens is 191 g/mol. The predicted octanol–water partition coefficient (Wildman–Crippen LogP) is 1.90. The zero-order valence-electron chi connectivity index (χ0n) is 10.2. The van der Waals surface area contributed by atoms with Crippen LogP contribution in [0.15, 0.2) is 0 Å². The van der Waals surface area contributed by atoms with Crippen LogP contribution in [-0.2, 0) is 0 Å². The second kappa shape index (κ2) is 4.02. The van der Waals surface area contributed by atoms with Crippen molar-refractivity contribution in [3.05, 3.63) is 0 Å². The van der Waals surface area contributed by atoms with E-state index in [0.717, 1.165) is 32.5 Å². The predicted molar refractivity (Wildman–Crippen MR) is 60.8 cm³/mol. The summed E-state index contributed by atoms with van der Waals surface area (Å²) in [7, 11) is 2.20. The lowest BCUT2D eigenvalue weighted by Gasteiger charge is -2.33. The Morgan fingerprint density at radius 3 is 2.27 bits per heavy atom. The molecule has 0 spiro atoms. The molecule has 88 valence electrons. The molecule has 2 rings (SSSR count). The zero-order chi connectivity index (χ0) is 11.1. The first-order valence-corrected chi connectivity index (χ1v) is 6.08. The first kappa shape index (κ1) is 11.3. The molecule has 0 radical (unpaired) electrons. The Hall–Kier alpha value is -0.150. The molecule has 0 N–H and O–H groups in total. The van der Waals surface area contributed by atoms with Crippen LogP contribution in [0.25, 0.3) is 0 Å². The maximum Gasteiger partial charge on any atom is 0.103 e. The molecule has 0 aliphatic carbocycles. The first-order chi connectivity index (χ1) is 6.99. The topological polar surface area (TPSA) is 6.48 Å². The Balaban J connectivity index is 1.91. The molecule has 2 nitrogen and oxygen atoms in total. The average Bonchev–Trinajstić information content (AvgIpc) is 2.42. The van der Waals surface area contributed by atoms with Crippen LogP contribution in [0.3, 0.4) is 0 Å². The van der Waals surface area contributed by atoms with E-state index < -0.39 is 6.17 Å². The fourth-order valence-corrected chi connectivity index (χ4v) is 2.84. The Kier molecular flexibility index (Phi) is 3.04. The molecule has 3 heteroatoms. The molecule has 0 aromatic heterocycles. The quantitative estimate of drug-likeness (QED) is 0.658. The van der Waals surface area contributed by atoms with Gasteiger partial charge in [0, 0.05) is 31.2 Å². The largest absolute Gasteiger partial charge is 0.300 e. The monoisotopic (exact) mass is 214 g/mol. The van der Waals surface area contributed by atoms with Gasteiger partial charge in [0.2, 0.25) is 0 Å². The lowest BCUT2D eigenvalue weighted by molar-refractivity contribution is 0.114. The Bertz CT molecular complexity index is 222. The standard InChI is InChI=1S/C12H23FN2/c1-12(2)8-11(9-14(12)3)15-6-4-10(13)5-7-15/h10-11H,4-9H2,1-3H3. The number of likely N-dealkylation sites (N-methyl/N-ethyl adjacent to an activating group) is 1. The summed E-state index contributed by atoms with van der Waals surface area (Å²) >= 11 is 0. The number of likely N-dealkylation sites (tertiary alicyclic amines) is 2. The minimum atomic E-state index is -0.548. The second-order valence-corrected chi connectivity index (χ2v) is 5.76. The van der Waals surface area contributed by atoms with E-state index in [9.17, 15) is 4.39 Å². The Morgan fingerprint density at radius 2 is 1.80 bits per heavy atom. The maximum atomic E-state index is 13.0. The van der Waals surface area contributed by atoms with Crippen molar-refractivity contribution in [1.29, 1.82) is 0 Å². The van der Waals surface area contributed by atoms with E-state index in [2.05, 4.69) is 30.7 Å². The summed E-state index contributed by atoms with van der Waals surface area (Å²) < 4.78 is 13.0. The number of hydrogen-bond acceptors (Lipinski definition) is 2. The van der Waals surface area contributed by atoms with Crippen LogP contribution >= 0.6 is 0 Å². The molecule has 0 aromatic carbocycles. The summed E-state index contributed by atoms with van der Waals surface area (Å²) in [6, 6.07) is 0.650. The highest BCUT2D eigenvalue weighted by molar-refractivity contribution is 4.96. The van der Waals surface area contributed by atoms with Crippen LogP contribution in [0.1, 0.15) is 33.1 Å². The molecular formula is C12H23FN2. The molecule has 0 bridgehead atoms. The highest BCUT2D eigenvalue weighted by Crippen LogP contribution is 2.31. The number of rotatable bonds is 1. The number of halogens is 1. The van der Waals surface area contributed by atoms with Crippen molar-refractivity contribution in [2.45, 2.75) is 50.9 Å². The van der Waals surface area contributed by atoms with Crippen molar-refractivity contribution in [3.63, 3.8) is 0 Å². The van der Waals surface area contributed by atoms with Crippen molar-refractivity contribution >= 4 is 0 Å². The van der Waals surface area contributed by atoms with E-state index >= 15 is 0 Å². The van der Waals surface area contributed by atoms with Crippen LogP contribution in [0.4, 0.5) is 4.39 Å². The van der Waals surface area contributed by atoms with Gasteiger partial charge in [-0.2, -0.15) is 0 Å². The summed E-state index contributed by atoms with van der Waals surface area (Å²) in [5.74, 6) is 0. The number of alkyl halides is 1.